The second kappa shape index (κ2) is 8.68. The first-order chi connectivity index (χ1) is 11.3. The van der Waals surface area contributed by atoms with E-state index in [1.165, 1.54) is 11.3 Å². The van der Waals surface area contributed by atoms with E-state index >= 15 is 0 Å². The number of nitrogens with zero attached hydrogens (tertiary/aromatic N) is 3. The molecule has 128 valence electrons. The highest BCUT2D eigenvalue weighted by Gasteiger charge is 2.19. The molecule has 2 aliphatic heterocycles. The number of hydrogen-bond acceptors (Lipinski definition) is 7. The van der Waals surface area contributed by atoms with Crippen LogP contribution in [0.1, 0.15) is 30.7 Å². The average Bonchev–Trinajstić information content (AvgIpc) is 3.02. The zero-order valence-corrected chi connectivity index (χ0v) is 14.1. The monoisotopic (exact) mass is 340 g/mol. The van der Waals surface area contributed by atoms with Crippen LogP contribution >= 0.6 is 11.3 Å². The molecule has 0 spiro atoms. The normalized spacial score (nSPS) is 22.9. The molecule has 1 amide bonds. The van der Waals surface area contributed by atoms with Crippen LogP contribution in [0.15, 0.2) is 0 Å². The first kappa shape index (κ1) is 16.8. The van der Waals surface area contributed by atoms with E-state index in [0.29, 0.717) is 11.6 Å². The number of hydrogen-bond donors (Lipinski definition) is 1. The van der Waals surface area contributed by atoms with Gasteiger partial charge in [-0.15, -0.1) is 10.2 Å². The molecule has 1 aromatic rings. The molecule has 0 bridgehead atoms. The summed E-state index contributed by atoms with van der Waals surface area (Å²) in [5.41, 5.74) is 0. The maximum Gasteiger partial charge on any atom is 0.228 e. The minimum atomic E-state index is -0.0345. The number of carbonyl (C=O) groups is 1. The van der Waals surface area contributed by atoms with Gasteiger partial charge in [0.05, 0.1) is 25.7 Å². The lowest BCUT2D eigenvalue weighted by Gasteiger charge is -2.25. The van der Waals surface area contributed by atoms with Gasteiger partial charge in [-0.2, -0.15) is 0 Å². The molecule has 3 heterocycles. The molecule has 2 saturated heterocycles. The van der Waals surface area contributed by atoms with Gasteiger partial charge in [-0.1, -0.05) is 11.3 Å². The van der Waals surface area contributed by atoms with E-state index in [0.717, 1.165) is 70.1 Å². The highest BCUT2D eigenvalue weighted by molar-refractivity contribution is 7.15. The maximum absolute atomic E-state index is 12.0. The van der Waals surface area contributed by atoms with Crippen molar-refractivity contribution in [3.8, 4) is 0 Å². The Hall–Kier alpha value is -1.09. The summed E-state index contributed by atoms with van der Waals surface area (Å²) in [5.74, 6) is -0.0345. The lowest BCUT2D eigenvalue weighted by Crippen LogP contribution is -2.37. The topological polar surface area (TPSA) is 76.6 Å². The number of aromatic nitrogens is 2. The maximum atomic E-state index is 12.0. The molecule has 3 rings (SSSR count). The number of rotatable bonds is 6. The van der Waals surface area contributed by atoms with Crippen molar-refractivity contribution in [2.45, 2.75) is 38.2 Å². The largest absolute Gasteiger partial charge is 0.379 e. The Bertz CT molecular complexity index is 499. The number of anilines is 1. The Balaban J connectivity index is 1.40. The molecule has 0 saturated carbocycles. The van der Waals surface area contributed by atoms with Crippen molar-refractivity contribution < 1.29 is 14.3 Å². The number of nitrogens with one attached hydrogen (secondary N) is 1. The molecule has 0 aliphatic carbocycles. The lowest BCUT2D eigenvalue weighted by atomic mass is 10.1. The van der Waals surface area contributed by atoms with Gasteiger partial charge in [-0.25, -0.2) is 0 Å². The third-order valence-electron chi connectivity index (χ3n) is 4.15. The van der Waals surface area contributed by atoms with E-state index in [2.05, 4.69) is 20.4 Å². The predicted molar refractivity (Wildman–Crippen MR) is 87.7 cm³/mol. The molecule has 0 radical (unpaired) electrons. The van der Waals surface area contributed by atoms with Gasteiger partial charge in [0.1, 0.15) is 5.01 Å². The summed E-state index contributed by atoms with van der Waals surface area (Å²) in [5, 5.41) is 12.6. The van der Waals surface area contributed by atoms with Crippen LogP contribution in [0.25, 0.3) is 0 Å². The highest BCUT2D eigenvalue weighted by Crippen LogP contribution is 2.19. The number of carbonyl (C=O) groups excluding carboxylic acids is 1. The van der Waals surface area contributed by atoms with E-state index in [1.54, 1.807) is 0 Å². The van der Waals surface area contributed by atoms with Crippen LogP contribution in [-0.2, 0) is 20.7 Å². The van der Waals surface area contributed by atoms with Gasteiger partial charge in [0.2, 0.25) is 11.0 Å². The predicted octanol–water partition coefficient (Wildman–Crippen LogP) is 1.31. The summed E-state index contributed by atoms with van der Waals surface area (Å²) in [6.07, 6.45) is 4.53. The van der Waals surface area contributed by atoms with Crippen molar-refractivity contribution >= 4 is 22.4 Å². The van der Waals surface area contributed by atoms with Crippen LogP contribution in [0.3, 0.4) is 0 Å². The second-order valence-electron chi connectivity index (χ2n) is 5.95. The van der Waals surface area contributed by atoms with Crippen LogP contribution < -0.4 is 5.32 Å². The summed E-state index contributed by atoms with van der Waals surface area (Å²) in [7, 11) is 0. The van der Waals surface area contributed by atoms with Crippen molar-refractivity contribution in [1.82, 2.24) is 15.1 Å². The van der Waals surface area contributed by atoms with Crippen molar-refractivity contribution in [2.24, 2.45) is 0 Å². The van der Waals surface area contributed by atoms with Crippen LogP contribution in [0.4, 0.5) is 5.13 Å². The fraction of sp³-hybridized carbons (Fsp3) is 0.800. The number of morpholine rings is 1. The van der Waals surface area contributed by atoms with Crippen molar-refractivity contribution in [3.05, 3.63) is 5.01 Å². The average molecular weight is 340 g/mol. The van der Waals surface area contributed by atoms with Crippen LogP contribution in [0.5, 0.6) is 0 Å². The molecule has 1 atom stereocenters. The SMILES string of the molecule is O=C(CC1CCCCO1)Nc1nnc(CCN2CCOCC2)s1. The quantitative estimate of drug-likeness (QED) is 0.841. The molecular weight excluding hydrogens is 316 g/mol. The van der Waals surface area contributed by atoms with Gasteiger partial charge in [0, 0.05) is 32.7 Å². The Morgan fingerprint density at radius 1 is 1.26 bits per heavy atom. The highest BCUT2D eigenvalue weighted by atomic mass is 32.1. The molecule has 0 aromatic carbocycles. The van der Waals surface area contributed by atoms with Gasteiger partial charge in [-0.3, -0.25) is 9.69 Å². The van der Waals surface area contributed by atoms with Gasteiger partial charge in [0.15, 0.2) is 0 Å². The summed E-state index contributed by atoms with van der Waals surface area (Å²) >= 11 is 1.46. The Kier molecular flexibility index (Phi) is 6.32. The molecular formula is C15H24N4O3S. The first-order valence-electron chi connectivity index (χ1n) is 8.33. The van der Waals surface area contributed by atoms with Crippen LogP contribution in [0.2, 0.25) is 0 Å². The summed E-state index contributed by atoms with van der Waals surface area (Å²) in [6.45, 7) is 5.29. The van der Waals surface area contributed by atoms with Gasteiger partial charge >= 0.3 is 0 Å². The molecule has 2 aliphatic rings. The number of amides is 1. The smallest absolute Gasteiger partial charge is 0.228 e. The van der Waals surface area contributed by atoms with Crippen molar-refractivity contribution in [3.63, 3.8) is 0 Å². The second-order valence-corrected chi connectivity index (χ2v) is 7.01. The van der Waals surface area contributed by atoms with Crippen LogP contribution in [-0.4, -0.2) is 66.6 Å². The van der Waals surface area contributed by atoms with E-state index in [9.17, 15) is 4.79 Å². The molecule has 1 N–H and O–H groups in total. The zero-order chi connectivity index (χ0) is 15.9. The lowest BCUT2D eigenvalue weighted by molar-refractivity contribution is -0.119. The third-order valence-corrected chi connectivity index (χ3v) is 5.04. The Morgan fingerprint density at radius 2 is 2.13 bits per heavy atom. The summed E-state index contributed by atoms with van der Waals surface area (Å²) in [4.78, 5) is 14.4. The zero-order valence-electron chi connectivity index (χ0n) is 13.3. The third kappa shape index (κ3) is 5.49. The molecule has 7 nitrogen and oxygen atoms in total. The van der Waals surface area contributed by atoms with E-state index < -0.39 is 0 Å². The molecule has 1 aromatic heterocycles. The van der Waals surface area contributed by atoms with E-state index in [1.807, 2.05) is 0 Å². The summed E-state index contributed by atoms with van der Waals surface area (Å²) < 4.78 is 10.9. The molecule has 1 unspecified atom stereocenters. The van der Waals surface area contributed by atoms with Crippen molar-refractivity contribution in [1.29, 1.82) is 0 Å². The minimum absolute atomic E-state index is 0.0345. The fourth-order valence-corrected chi connectivity index (χ4v) is 3.57. The first-order valence-corrected chi connectivity index (χ1v) is 9.15. The number of ether oxygens (including phenoxy) is 2. The standard InChI is InChI=1S/C15H24N4O3S/c20-13(11-12-3-1-2-8-22-12)16-15-18-17-14(23-15)4-5-19-6-9-21-10-7-19/h12H,1-11H2,(H,16,18,20). The minimum Gasteiger partial charge on any atom is -0.379 e. The van der Waals surface area contributed by atoms with Gasteiger partial charge in [-0.05, 0) is 19.3 Å². The van der Waals surface area contributed by atoms with Gasteiger partial charge in [0.25, 0.3) is 0 Å². The van der Waals surface area contributed by atoms with Crippen molar-refractivity contribution in [2.75, 3.05) is 44.8 Å². The Labute approximate surface area is 140 Å². The van der Waals surface area contributed by atoms with Gasteiger partial charge < -0.3 is 14.8 Å². The summed E-state index contributed by atoms with van der Waals surface area (Å²) in [6, 6.07) is 0. The van der Waals surface area contributed by atoms with E-state index in [4.69, 9.17) is 9.47 Å². The van der Waals surface area contributed by atoms with Crippen LogP contribution in [0, 0.1) is 0 Å². The molecule has 8 heteroatoms. The Morgan fingerprint density at radius 3 is 2.91 bits per heavy atom. The van der Waals surface area contributed by atoms with E-state index in [-0.39, 0.29) is 12.0 Å². The molecule has 23 heavy (non-hydrogen) atoms. The molecule has 2 fully saturated rings. The fourth-order valence-electron chi connectivity index (χ4n) is 2.83.